The van der Waals surface area contributed by atoms with E-state index in [4.69, 9.17) is 9.47 Å². The summed E-state index contributed by atoms with van der Waals surface area (Å²) in [5.41, 5.74) is 1.67. The normalized spacial score (nSPS) is 13.1. The third-order valence-corrected chi connectivity index (χ3v) is 12.5. The summed E-state index contributed by atoms with van der Waals surface area (Å²) in [5, 5.41) is 29.7. The molecule has 6 N–H and O–H groups in total. The predicted octanol–water partition coefficient (Wildman–Crippen LogP) is 8.10. The number of rotatable bonds is 12. The number of aliphatic hydroxyl groups excluding tert-OH is 1. The Kier molecular flexibility index (Phi) is 12.2. The second kappa shape index (κ2) is 16.8. The van der Waals surface area contributed by atoms with Crippen LogP contribution in [-0.2, 0) is 40.5 Å². The Morgan fingerprint density at radius 3 is 1.69 bits per heavy atom. The van der Waals surface area contributed by atoms with Gasteiger partial charge in [0.15, 0.2) is 0 Å². The molecule has 0 spiro atoms. The zero-order valence-electron chi connectivity index (χ0n) is 32.3. The summed E-state index contributed by atoms with van der Waals surface area (Å²) < 4.78 is 146. The third-order valence-electron chi connectivity index (χ3n) is 8.94. The van der Waals surface area contributed by atoms with E-state index in [0.29, 0.717) is 17.2 Å². The highest BCUT2D eigenvalue weighted by molar-refractivity contribution is 7.87. The summed E-state index contributed by atoms with van der Waals surface area (Å²) in [6.45, 7) is 3.28. The minimum atomic E-state index is -4.94. The Morgan fingerprint density at radius 2 is 1.10 bits per heavy atom. The number of ether oxygens (including phenoxy) is 2. The average molecular weight is 929 g/mol. The van der Waals surface area contributed by atoms with Crippen LogP contribution in [0.25, 0.3) is 21.5 Å². The van der Waals surface area contributed by atoms with Crippen molar-refractivity contribution in [1.29, 1.82) is 0 Å². The van der Waals surface area contributed by atoms with E-state index in [9.17, 15) is 57.0 Å². The molecular weight excluding hydrogens is 897 g/mol. The molecule has 6 rings (SSSR count). The summed E-state index contributed by atoms with van der Waals surface area (Å²) in [6, 6.07) is 16.5. The van der Waals surface area contributed by atoms with Crippen LogP contribution in [-0.4, -0.2) is 77.2 Å². The predicted molar refractivity (Wildman–Crippen MR) is 224 cm³/mol. The number of hydrogen-bond donors (Lipinski definition) is 6. The van der Waals surface area contributed by atoms with Crippen molar-refractivity contribution >= 4 is 102 Å². The molecular formula is C37H32N6O15S4. The fourth-order valence-corrected chi connectivity index (χ4v) is 8.84. The number of fused-ring (bicyclic) bond motifs is 2. The van der Waals surface area contributed by atoms with Crippen LogP contribution in [0.4, 0.5) is 34.1 Å². The van der Waals surface area contributed by atoms with Gasteiger partial charge in [-0.15, -0.1) is 0 Å². The number of anilines is 1. The molecule has 6 aromatic carbocycles. The maximum atomic E-state index is 12.2. The summed E-state index contributed by atoms with van der Waals surface area (Å²) in [7, 11) is -16.8. The molecule has 25 heteroatoms. The molecule has 0 radical (unpaired) electrons. The van der Waals surface area contributed by atoms with Crippen molar-refractivity contribution in [2.75, 3.05) is 19.5 Å². The molecule has 0 aliphatic heterocycles. The molecule has 0 saturated carbocycles. The number of aryl methyl sites for hydroxylation is 2. The molecule has 324 valence electrons. The zero-order valence-corrected chi connectivity index (χ0v) is 35.5. The molecule has 0 fully saturated rings. The highest BCUT2D eigenvalue weighted by Gasteiger charge is 2.23. The Balaban J connectivity index is 1.27. The number of azo groups is 2. The van der Waals surface area contributed by atoms with Gasteiger partial charge in [-0.25, -0.2) is 0 Å². The van der Waals surface area contributed by atoms with E-state index in [0.717, 1.165) is 18.2 Å². The van der Waals surface area contributed by atoms with Crippen molar-refractivity contribution in [3.63, 3.8) is 0 Å². The molecule has 0 heterocycles. The van der Waals surface area contributed by atoms with Gasteiger partial charge in [-0.1, -0.05) is 18.2 Å². The summed E-state index contributed by atoms with van der Waals surface area (Å²) in [5.74, 6) is 0.267. The minimum Gasteiger partial charge on any atom is -0.494 e. The Labute approximate surface area is 353 Å². The first-order valence-electron chi connectivity index (χ1n) is 17.2. The maximum Gasteiger partial charge on any atom is 0.295 e. The summed E-state index contributed by atoms with van der Waals surface area (Å²) >= 11 is 0. The van der Waals surface area contributed by atoms with Gasteiger partial charge >= 0.3 is 0 Å². The number of amidine groups is 1. The van der Waals surface area contributed by atoms with E-state index in [1.165, 1.54) is 74.9 Å². The molecule has 0 aromatic heterocycles. The molecule has 6 aromatic rings. The lowest BCUT2D eigenvalue weighted by Gasteiger charge is -2.13. The van der Waals surface area contributed by atoms with E-state index in [2.05, 4.69) is 30.8 Å². The average Bonchev–Trinajstić information content (AvgIpc) is 3.17. The lowest BCUT2D eigenvalue weighted by Crippen LogP contribution is -2.11. The van der Waals surface area contributed by atoms with Crippen LogP contribution in [0, 0.1) is 13.8 Å². The number of nitrogens with zero attached hydrogens (tertiary/aromatic N) is 5. The van der Waals surface area contributed by atoms with Gasteiger partial charge < -0.3 is 19.9 Å². The van der Waals surface area contributed by atoms with Gasteiger partial charge in [0.05, 0.1) is 47.6 Å². The molecule has 62 heavy (non-hydrogen) atoms. The Morgan fingerprint density at radius 1 is 0.532 bits per heavy atom. The quantitative estimate of drug-likeness (QED) is 0.0292. The Bertz CT molecular complexity index is 3390. The number of aliphatic hydroxyl groups is 1. The van der Waals surface area contributed by atoms with Gasteiger partial charge in [-0.3, -0.25) is 18.2 Å². The molecule has 0 aliphatic carbocycles. The van der Waals surface area contributed by atoms with Crippen molar-refractivity contribution in [1.82, 2.24) is 0 Å². The van der Waals surface area contributed by atoms with Gasteiger partial charge in [0.2, 0.25) is 0 Å². The fourth-order valence-electron chi connectivity index (χ4n) is 6.07. The van der Waals surface area contributed by atoms with E-state index in [1.54, 1.807) is 13.8 Å². The molecule has 0 saturated heterocycles. The Hall–Kier alpha value is -6.45. The van der Waals surface area contributed by atoms with Crippen LogP contribution >= 0.6 is 0 Å². The molecule has 0 unspecified atom stereocenters. The van der Waals surface area contributed by atoms with Crippen molar-refractivity contribution in [2.45, 2.75) is 33.4 Å². The molecule has 0 atom stereocenters. The highest BCUT2D eigenvalue weighted by Crippen LogP contribution is 2.39. The van der Waals surface area contributed by atoms with Crippen molar-refractivity contribution in [3.05, 3.63) is 96.1 Å². The fraction of sp³-hybridized carbons (Fsp3) is 0.108. The van der Waals surface area contributed by atoms with Crippen LogP contribution in [0.15, 0.2) is 130 Å². The minimum absolute atomic E-state index is 0.0618. The monoisotopic (exact) mass is 928 g/mol. The number of benzene rings is 6. The maximum absolute atomic E-state index is 12.2. The van der Waals surface area contributed by atoms with Crippen LogP contribution in [0.5, 0.6) is 11.5 Å². The first kappa shape index (κ1) is 45.1. The highest BCUT2D eigenvalue weighted by atomic mass is 32.2. The standard InChI is InChI=1S/C37H32N6O15S4/c1-19-10-30(32(57-3)17-28(19)42-40-22-9-8-21-12-24(59(45,46)47)16-36(26(21)13-22)62(54,55)56)38-37(44)39-31-11-20(2)29(18-33(31)58-4)43-41-23-14-27-25(35(15-23)61(51,52)53)6-5-7-34(27)60(48,49)50/h5-18H,1-4H3,(H2,38,39,44)(H,45,46,47)(H,48,49,50)(H,51,52,53)(H,54,55,56). The van der Waals surface area contributed by atoms with Gasteiger partial charge in [0, 0.05) is 28.3 Å². The summed E-state index contributed by atoms with van der Waals surface area (Å²) in [4.78, 5) is 1.40. The van der Waals surface area contributed by atoms with Crippen molar-refractivity contribution in [3.8, 4) is 11.5 Å². The second-order valence-corrected chi connectivity index (χ2v) is 18.7. The van der Waals surface area contributed by atoms with Crippen LogP contribution < -0.4 is 14.8 Å². The topological polar surface area (TPSA) is 330 Å². The third kappa shape index (κ3) is 9.85. The number of hydrogen-bond acceptors (Lipinski definition) is 15. The lowest BCUT2D eigenvalue weighted by atomic mass is 10.1. The van der Waals surface area contributed by atoms with E-state index in [-0.39, 0.29) is 67.2 Å². The number of methoxy groups -OCH3 is 2. The van der Waals surface area contributed by atoms with Gasteiger partial charge in [0.1, 0.15) is 31.9 Å². The number of aliphatic imine (C=N–C) groups is 1. The van der Waals surface area contributed by atoms with Crippen LogP contribution in [0.3, 0.4) is 0 Å². The summed E-state index contributed by atoms with van der Waals surface area (Å²) in [6.07, 6.45) is 0. The van der Waals surface area contributed by atoms with Crippen LogP contribution in [0.2, 0.25) is 0 Å². The zero-order chi connectivity index (χ0) is 45.5. The largest absolute Gasteiger partial charge is 0.494 e. The second-order valence-electron chi connectivity index (χ2n) is 13.1. The molecule has 0 amide bonds. The van der Waals surface area contributed by atoms with Gasteiger partial charge in [-0.2, -0.15) is 59.1 Å². The van der Waals surface area contributed by atoms with Gasteiger partial charge in [0.25, 0.3) is 46.5 Å². The van der Waals surface area contributed by atoms with E-state index >= 15 is 0 Å². The molecule has 0 aliphatic rings. The first-order chi connectivity index (χ1) is 28.9. The smallest absolute Gasteiger partial charge is 0.295 e. The van der Waals surface area contributed by atoms with E-state index in [1.807, 2.05) is 0 Å². The SMILES string of the molecule is COc1cc(N=Nc2ccc3cc(S(=O)(=O)O)cc(S(=O)(=O)O)c3c2)c(C)cc1N=C(O)Nc1cc(C)c(N=Nc2cc(S(=O)(=O)O)c3cccc(S(=O)(=O)O)c3c2)cc1OC. The van der Waals surface area contributed by atoms with Gasteiger partial charge in [-0.05, 0) is 85.0 Å². The van der Waals surface area contributed by atoms with E-state index < -0.39 is 66.1 Å². The molecule has 0 bridgehead atoms. The first-order valence-corrected chi connectivity index (χ1v) is 22.9. The molecule has 21 nitrogen and oxygen atoms in total. The van der Waals surface area contributed by atoms with Crippen molar-refractivity contribution in [2.24, 2.45) is 25.4 Å². The van der Waals surface area contributed by atoms with Crippen molar-refractivity contribution < 1.29 is 66.5 Å². The van der Waals surface area contributed by atoms with Crippen LogP contribution in [0.1, 0.15) is 11.1 Å². The lowest BCUT2D eigenvalue weighted by molar-refractivity contribution is 0.415. The number of nitrogens with one attached hydrogen (secondary N) is 1.